The Balaban J connectivity index is 1.64. The molecule has 106 valence electrons. The van der Waals surface area contributed by atoms with Crippen molar-refractivity contribution in [3.63, 3.8) is 0 Å². The van der Waals surface area contributed by atoms with Crippen molar-refractivity contribution in [2.75, 3.05) is 5.32 Å². The number of H-pyrrole nitrogens is 1. The maximum atomic E-state index is 11.8. The zero-order chi connectivity index (χ0) is 14.7. The van der Waals surface area contributed by atoms with E-state index in [0.717, 1.165) is 15.8 Å². The van der Waals surface area contributed by atoms with Crippen molar-refractivity contribution >= 4 is 45.6 Å². The van der Waals surface area contributed by atoms with Crippen molar-refractivity contribution in [2.24, 2.45) is 0 Å². The predicted molar refractivity (Wildman–Crippen MR) is 87.3 cm³/mol. The molecule has 0 aliphatic heterocycles. The van der Waals surface area contributed by atoms with Crippen LogP contribution in [-0.4, -0.2) is 11.1 Å². The van der Waals surface area contributed by atoms with Gasteiger partial charge in [-0.15, -0.1) is 11.3 Å². The minimum atomic E-state index is -0.480. The Morgan fingerprint density at radius 2 is 2.05 bits per heavy atom. The minimum Gasteiger partial charge on any atom is -0.444 e. The maximum Gasteiger partial charge on any atom is 0.411 e. The molecular weight excluding hydrogens is 304 g/mol. The Hall–Kier alpha value is -2.18. The number of hydrogen-bond acceptors (Lipinski definition) is 4. The van der Waals surface area contributed by atoms with Crippen LogP contribution in [0.5, 0.6) is 0 Å². The first-order valence-electron chi connectivity index (χ1n) is 6.31. The van der Waals surface area contributed by atoms with Crippen molar-refractivity contribution in [1.82, 2.24) is 4.98 Å². The van der Waals surface area contributed by atoms with Gasteiger partial charge in [-0.25, -0.2) is 4.79 Å². The highest BCUT2D eigenvalue weighted by molar-refractivity contribution is 7.73. The van der Waals surface area contributed by atoms with Crippen LogP contribution in [0.3, 0.4) is 0 Å². The van der Waals surface area contributed by atoms with Crippen LogP contribution in [0.25, 0.3) is 10.2 Å². The van der Waals surface area contributed by atoms with Gasteiger partial charge >= 0.3 is 6.09 Å². The van der Waals surface area contributed by atoms with Crippen LogP contribution >= 0.6 is 23.6 Å². The summed E-state index contributed by atoms with van der Waals surface area (Å²) in [6.07, 6.45) is -0.480. The van der Waals surface area contributed by atoms with Gasteiger partial charge in [-0.2, -0.15) is 0 Å². The molecule has 2 N–H and O–H groups in total. The van der Waals surface area contributed by atoms with Crippen LogP contribution in [0.1, 0.15) is 5.56 Å². The molecule has 0 bridgehead atoms. The maximum absolute atomic E-state index is 11.8. The SMILES string of the molecule is O=C(Nc1ccc2sc(=S)[nH]c2c1)OCc1ccccc1. The van der Waals surface area contributed by atoms with Gasteiger partial charge in [0, 0.05) is 5.69 Å². The fourth-order valence-corrected chi connectivity index (χ4v) is 3.00. The molecule has 0 spiro atoms. The normalized spacial score (nSPS) is 10.5. The zero-order valence-electron chi connectivity index (χ0n) is 11.0. The first kappa shape index (κ1) is 13.8. The van der Waals surface area contributed by atoms with E-state index in [1.54, 1.807) is 0 Å². The lowest BCUT2D eigenvalue weighted by molar-refractivity contribution is 0.155. The number of carbonyl (C=O) groups is 1. The molecule has 0 fully saturated rings. The molecule has 1 heterocycles. The van der Waals surface area contributed by atoms with Crippen LogP contribution < -0.4 is 5.32 Å². The molecule has 0 radical (unpaired) electrons. The number of hydrogen-bond donors (Lipinski definition) is 2. The number of benzene rings is 2. The number of amides is 1. The molecule has 0 atom stereocenters. The molecule has 0 saturated heterocycles. The number of anilines is 1. The summed E-state index contributed by atoms with van der Waals surface area (Å²) in [5, 5.41) is 2.70. The Labute approximate surface area is 130 Å². The van der Waals surface area contributed by atoms with Gasteiger partial charge in [0.05, 0.1) is 10.2 Å². The van der Waals surface area contributed by atoms with Crippen LogP contribution in [0, 0.1) is 3.95 Å². The Bertz CT molecular complexity index is 824. The van der Waals surface area contributed by atoms with Gasteiger partial charge in [0.15, 0.2) is 3.95 Å². The summed E-state index contributed by atoms with van der Waals surface area (Å²) >= 11 is 6.59. The number of thiazole rings is 1. The van der Waals surface area contributed by atoms with Crippen molar-refractivity contribution < 1.29 is 9.53 Å². The number of nitrogens with one attached hydrogen (secondary N) is 2. The third-order valence-corrected chi connectivity index (χ3v) is 4.09. The van der Waals surface area contributed by atoms with Crippen molar-refractivity contribution in [3.05, 3.63) is 58.0 Å². The lowest BCUT2D eigenvalue weighted by atomic mass is 10.2. The van der Waals surface area contributed by atoms with Crippen molar-refractivity contribution in [1.29, 1.82) is 0 Å². The van der Waals surface area contributed by atoms with E-state index in [1.165, 1.54) is 11.3 Å². The highest BCUT2D eigenvalue weighted by Gasteiger charge is 2.05. The predicted octanol–water partition coefficient (Wildman–Crippen LogP) is 4.71. The van der Waals surface area contributed by atoms with E-state index in [9.17, 15) is 4.79 Å². The van der Waals surface area contributed by atoms with Crippen LogP contribution in [0.15, 0.2) is 48.5 Å². The van der Waals surface area contributed by atoms with E-state index in [0.29, 0.717) is 9.64 Å². The number of fused-ring (bicyclic) bond motifs is 1. The largest absolute Gasteiger partial charge is 0.444 e. The summed E-state index contributed by atoms with van der Waals surface area (Å²) in [6.45, 7) is 0.246. The molecule has 21 heavy (non-hydrogen) atoms. The van der Waals surface area contributed by atoms with Gasteiger partial charge in [0.1, 0.15) is 6.61 Å². The molecule has 3 aromatic rings. The van der Waals surface area contributed by atoms with Crippen molar-refractivity contribution in [2.45, 2.75) is 6.61 Å². The van der Waals surface area contributed by atoms with Gasteiger partial charge in [0.25, 0.3) is 0 Å². The Morgan fingerprint density at radius 1 is 1.24 bits per heavy atom. The van der Waals surface area contributed by atoms with E-state index < -0.39 is 6.09 Å². The van der Waals surface area contributed by atoms with Gasteiger partial charge in [0.2, 0.25) is 0 Å². The second kappa shape index (κ2) is 6.07. The van der Waals surface area contributed by atoms with Gasteiger partial charge in [-0.05, 0) is 36.0 Å². The number of rotatable bonds is 3. The minimum absolute atomic E-state index is 0.246. The highest BCUT2D eigenvalue weighted by Crippen LogP contribution is 2.22. The average Bonchev–Trinajstić information content (AvgIpc) is 2.85. The monoisotopic (exact) mass is 316 g/mol. The molecule has 6 heteroatoms. The summed E-state index contributed by atoms with van der Waals surface area (Å²) in [4.78, 5) is 14.8. The molecular formula is C15H12N2O2S2. The Morgan fingerprint density at radius 3 is 2.86 bits per heavy atom. The van der Waals surface area contributed by atoms with Crippen LogP contribution in [0.4, 0.5) is 10.5 Å². The molecule has 0 saturated carbocycles. The fraction of sp³-hybridized carbons (Fsp3) is 0.0667. The molecule has 0 aliphatic rings. The van der Waals surface area contributed by atoms with E-state index >= 15 is 0 Å². The summed E-state index contributed by atoms with van der Waals surface area (Å²) < 4.78 is 6.95. The van der Waals surface area contributed by atoms with Gasteiger partial charge in [-0.3, -0.25) is 5.32 Å². The lowest BCUT2D eigenvalue weighted by Crippen LogP contribution is -2.13. The molecule has 2 aromatic carbocycles. The third kappa shape index (κ3) is 3.48. The average molecular weight is 316 g/mol. The molecule has 0 aliphatic carbocycles. The summed E-state index contributed by atoms with van der Waals surface area (Å²) in [5.41, 5.74) is 2.53. The molecule has 1 aromatic heterocycles. The first-order chi connectivity index (χ1) is 10.2. The van der Waals surface area contributed by atoms with Crippen LogP contribution in [-0.2, 0) is 11.3 Å². The standard InChI is InChI=1S/C15H12N2O2S2/c18-14(19-9-10-4-2-1-3-5-10)16-11-6-7-13-12(8-11)17-15(20)21-13/h1-8H,9H2,(H,16,18)(H,17,20). The number of carbonyl (C=O) groups excluding carboxylic acids is 1. The van der Waals surface area contributed by atoms with Crippen molar-refractivity contribution in [3.8, 4) is 0 Å². The molecule has 4 nitrogen and oxygen atoms in total. The topological polar surface area (TPSA) is 54.1 Å². The van der Waals surface area contributed by atoms with E-state index in [-0.39, 0.29) is 6.61 Å². The second-order valence-corrected chi connectivity index (χ2v) is 6.13. The number of aromatic amines is 1. The molecule has 3 rings (SSSR count). The number of aromatic nitrogens is 1. The van der Waals surface area contributed by atoms with Gasteiger partial charge in [-0.1, -0.05) is 30.3 Å². The first-order valence-corrected chi connectivity index (χ1v) is 7.54. The summed E-state index contributed by atoms with van der Waals surface area (Å²) in [7, 11) is 0. The summed E-state index contributed by atoms with van der Waals surface area (Å²) in [6, 6.07) is 15.1. The fourth-order valence-electron chi connectivity index (χ4n) is 1.91. The summed E-state index contributed by atoms with van der Waals surface area (Å²) in [5.74, 6) is 0. The molecule has 1 amide bonds. The Kier molecular flexibility index (Phi) is 3.98. The van der Waals surface area contributed by atoms with E-state index in [4.69, 9.17) is 17.0 Å². The van der Waals surface area contributed by atoms with Gasteiger partial charge < -0.3 is 9.72 Å². The number of ether oxygens (including phenoxy) is 1. The zero-order valence-corrected chi connectivity index (χ0v) is 12.6. The third-order valence-electron chi connectivity index (χ3n) is 2.88. The molecule has 0 unspecified atom stereocenters. The van der Waals surface area contributed by atoms with E-state index in [1.807, 2.05) is 48.5 Å². The second-order valence-electron chi connectivity index (χ2n) is 4.41. The smallest absolute Gasteiger partial charge is 0.411 e. The van der Waals surface area contributed by atoms with Crippen LogP contribution in [0.2, 0.25) is 0 Å². The quantitative estimate of drug-likeness (QED) is 0.688. The van der Waals surface area contributed by atoms with E-state index in [2.05, 4.69) is 10.3 Å². The lowest BCUT2D eigenvalue weighted by Gasteiger charge is -2.07. The highest BCUT2D eigenvalue weighted by atomic mass is 32.1.